The van der Waals surface area contributed by atoms with Crippen LogP contribution in [0.25, 0.3) is 0 Å². The third-order valence-electron chi connectivity index (χ3n) is 4.08. The first kappa shape index (κ1) is 17.5. The van der Waals surface area contributed by atoms with Crippen molar-refractivity contribution in [3.63, 3.8) is 0 Å². The highest BCUT2D eigenvalue weighted by molar-refractivity contribution is 5.82. The summed E-state index contributed by atoms with van der Waals surface area (Å²) in [6.45, 7) is 7.73. The van der Waals surface area contributed by atoms with Crippen molar-refractivity contribution < 1.29 is 9.53 Å². The van der Waals surface area contributed by atoms with Crippen LogP contribution < -0.4 is 15.8 Å². The standard InChI is InChI=1S/C17H28N2O2/c1-4-11-21-15-9-7-14(8-10-15)12-19-16(20)17(5-2,6-3)13-18/h7-10H,4-6,11-13,18H2,1-3H3,(H,19,20). The number of carbonyl (C=O) groups excluding carboxylic acids is 1. The lowest BCUT2D eigenvalue weighted by Crippen LogP contribution is -2.45. The second-order valence-electron chi connectivity index (χ2n) is 5.37. The predicted octanol–water partition coefficient (Wildman–Crippen LogP) is 2.86. The minimum absolute atomic E-state index is 0.0429. The minimum Gasteiger partial charge on any atom is -0.494 e. The molecule has 1 aromatic rings. The van der Waals surface area contributed by atoms with E-state index in [-0.39, 0.29) is 5.91 Å². The van der Waals surface area contributed by atoms with Crippen LogP contribution in [0.3, 0.4) is 0 Å². The van der Waals surface area contributed by atoms with Crippen LogP contribution >= 0.6 is 0 Å². The average molecular weight is 292 g/mol. The van der Waals surface area contributed by atoms with Gasteiger partial charge in [-0.25, -0.2) is 0 Å². The van der Waals surface area contributed by atoms with E-state index in [4.69, 9.17) is 10.5 Å². The Hall–Kier alpha value is -1.55. The Labute approximate surface area is 128 Å². The molecule has 118 valence electrons. The molecule has 1 amide bonds. The van der Waals surface area contributed by atoms with E-state index in [1.54, 1.807) is 0 Å². The molecule has 1 rings (SSSR count). The van der Waals surface area contributed by atoms with E-state index in [2.05, 4.69) is 12.2 Å². The maximum Gasteiger partial charge on any atom is 0.227 e. The highest BCUT2D eigenvalue weighted by Crippen LogP contribution is 2.25. The molecular formula is C17H28N2O2. The molecule has 0 saturated carbocycles. The molecule has 0 aliphatic carbocycles. The average Bonchev–Trinajstić information content (AvgIpc) is 2.54. The summed E-state index contributed by atoms with van der Waals surface area (Å²) < 4.78 is 5.54. The van der Waals surface area contributed by atoms with E-state index in [9.17, 15) is 4.79 Å². The third-order valence-corrected chi connectivity index (χ3v) is 4.08. The number of carbonyl (C=O) groups is 1. The molecule has 0 aromatic heterocycles. The quantitative estimate of drug-likeness (QED) is 0.735. The molecule has 0 heterocycles. The maximum atomic E-state index is 12.3. The lowest BCUT2D eigenvalue weighted by atomic mass is 9.81. The van der Waals surface area contributed by atoms with Gasteiger partial charge in [0.05, 0.1) is 12.0 Å². The van der Waals surface area contributed by atoms with Crippen molar-refractivity contribution in [1.82, 2.24) is 5.32 Å². The van der Waals surface area contributed by atoms with Crippen molar-refractivity contribution in [2.24, 2.45) is 11.1 Å². The lowest BCUT2D eigenvalue weighted by molar-refractivity contribution is -0.131. The highest BCUT2D eigenvalue weighted by atomic mass is 16.5. The van der Waals surface area contributed by atoms with Gasteiger partial charge in [-0.2, -0.15) is 0 Å². The number of hydrogen-bond donors (Lipinski definition) is 2. The number of benzene rings is 1. The number of rotatable bonds is 9. The molecule has 0 atom stereocenters. The molecule has 0 aliphatic heterocycles. The number of ether oxygens (including phenoxy) is 1. The summed E-state index contributed by atoms with van der Waals surface area (Å²) in [6.07, 6.45) is 2.51. The van der Waals surface area contributed by atoms with Crippen LogP contribution in [-0.4, -0.2) is 19.1 Å². The molecule has 0 saturated heterocycles. The van der Waals surface area contributed by atoms with Crippen LogP contribution in [0.2, 0.25) is 0 Å². The van der Waals surface area contributed by atoms with Gasteiger partial charge >= 0.3 is 0 Å². The van der Waals surface area contributed by atoms with Crippen molar-refractivity contribution in [1.29, 1.82) is 0 Å². The van der Waals surface area contributed by atoms with E-state index in [0.29, 0.717) is 13.1 Å². The summed E-state index contributed by atoms with van der Waals surface area (Å²) in [6, 6.07) is 7.83. The molecule has 0 bridgehead atoms. The second kappa shape index (κ2) is 8.67. The van der Waals surface area contributed by atoms with Gasteiger partial charge in [0.1, 0.15) is 5.75 Å². The number of hydrogen-bond acceptors (Lipinski definition) is 3. The Morgan fingerprint density at radius 3 is 2.29 bits per heavy atom. The zero-order valence-electron chi connectivity index (χ0n) is 13.4. The van der Waals surface area contributed by atoms with E-state index < -0.39 is 5.41 Å². The lowest BCUT2D eigenvalue weighted by Gasteiger charge is -2.28. The summed E-state index contributed by atoms with van der Waals surface area (Å²) in [4.78, 5) is 12.3. The SMILES string of the molecule is CCCOc1ccc(CNC(=O)C(CC)(CC)CN)cc1. The maximum absolute atomic E-state index is 12.3. The van der Waals surface area contributed by atoms with Gasteiger partial charge in [0.25, 0.3) is 0 Å². The van der Waals surface area contributed by atoms with Crippen molar-refractivity contribution in [3.05, 3.63) is 29.8 Å². The molecule has 0 aliphatic rings. The number of amides is 1. The minimum atomic E-state index is -0.440. The smallest absolute Gasteiger partial charge is 0.227 e. The molecule has 3 N–H and O–H groups in total. The predicted molar refractivity (Wildman–Crippen MR) is 86.1 cm³/mol. The summed E-state index contributed by atoms with van der Waals surface area (Å²) in [5, 5.41) is 3.00. The van der Waals surface area contributed by atoms with Gasteiger partial charge in [0, 0.05) is 13.1 Å². The Morgan fingerprint density at radius 2 is 1.81 bits per heavy atom. The monoisotopic (exact) mass is 292 g/mol. The third kappa shape index (κ3) is 4.74. The van der Waals surface area contributed by atoms with Gasteiger partial charge in [-0.3, -0.25) is 4.79 Å². The summed E-state index contributed by atoms with van der Waals surface area (Å²) in [5.74, 6) is 0.909. The number of nitrogens with one attached hydrogen (secondary N) is 1. The van der Waals surface area contributed by atoms with Crippen molar-refractivity contribution in [2.45, 2.75) is 46.6 Å². The summed E-state index contributed by atoms with van der Waals surface area (Å²) in [5.41, 5.74) is 6.41. The zero-order valence-corrected chi connectivity index (χ0v) is 13.4. The zero-order chi connectivity index (χ0) is 15.7. The van der Waals surface area contributed by atoms with Crippen molar-refractivity contribution in [2.75, 3.05) is 13.2 Å². The van der Waals surface area contributed by atoms with Gasteiger partial charge in [0.15, 0.2) is 0 Å². The molecule has 4 heteroatoms. The first-order valence-corrected chi connectivity index (χ1v) is 7.82. The topological polar surface area (TPSA) is 64.3 Å². The van der Waals surface area contributed by atoms with Crippen LogP contribution in [0.5, 0.6) is 5.75 Å². The summed E-state index contributed by atoms with van der Waals surface area (Å²) in [7, 11) is 0. The molecule has 0 radical (unpaired) electrons. The van der Waals surface area contributed by atoms with Gasteiger partial charge in [-0.05, 0) is 37.0 Å². The van der Waals surface area contributed by atoms with Gasteiger partial charge < -0.3 is 15.8 Å². The van der Waals surface area contributed by atoms with Crippen LogP contribution in [0.15, 0.2) is 24.3 Å². The van der Waals surface area contributed by atoms with Gasteiger partial charge in [-0.1, -0.05) is 32.9 Å². The molecular weight excluding hydrogens is 264 g/mol. The molecule has 4 nitrogen and oxygen atoms in total. The van der Waals surface area contributed by atoms with E-state index in [1.165, 1.54) is 0 Å². The summed E-state index contributed by atoms with van der Waals surface area (Å²) >= 11 is 0. The molecule has 0 unspecified atom stereocenters. The van der Waals surface area contributed by atoms with Crippen molar-refractivity contribution in [3.8, 4) is 5.75 Å². The Balaban J connectivity index is 2.56. The fourth-order valence-corrected chi connectivity index (χ4v) is 2.25. The Morgan fingerprint density at radius 1 is 1.19 bits per heavy atom. The Kier molecular flexibility index (Phi) is 7.23. The Bertz CT molecular complexity index is 417. The van der Waals surface area contributed by atoms with Gasteiger partial charge in [-0.15, -0.1) is 0 Å². The largest absolute Gasteiger partial charge is 0.494 e. The fourth-order valence-electron chi connectivity index (χ4n) is 2.25. The first-order valence-electron chi connectivity index (χ1n) is 7.82. The fraction of sp³-hybridized carbons (Fsp3) is 0.588. The molecule has 0 fully saturated rings. The van der Waals surface area contributed by atoms with E-state index in [0.717, 1.165) is 37.2 Å². The second-order valence-corrected chi connectivity index (χ2v) is 5.37. The van der Waals surface area contributed by atoms with E-state index in [1.807, 2.05) is 38.1 Å². The highest BCUT2D eigenvalue weighted by Gasteiger charge is 2.32. The molecule has 1 aromatic carbocycles. The number of nitrogens with two attached hydrogens (primary N) is 1. The molecule has 0 spiro atoms. The first-order chi connectivity index (χ1) is 10.1. The van der Waals surface area contributed by atoms with Crippen LogP contribution in [0, 0.1) is 5.41 Å². The van der Waals surface area contributed by atoms with Gasteiger partial charge in [0.2, 0.25) is 5.91 Å². The van der Waals surface area contributed by atoms with Crippen LogP contribution in [-0.2, 0) is 11.3 Å². The van der Waals surface area contributed by atoms with Crippen molar-refractivity contribution >= 4 is 5.91 Å². The normalized spacial score (nSPS) is 11.2. The van der Waals surface area contributed by atoms with Crippen LogP contribution in [0.1, 0.15) is 45.6 Å². The van der Waals surface area contributed by atoms with Crippen LogP contribution in [0.4, 0.5) is 0 Å². The molecule has 21 heavy (non-hydrogen) atoms. The van der Waals surface area contributed by atoms with E-state index >= 15 is 0 Å².